The van der Waals surface area contributed by atoms with E-state index in [2.05, 4.69) is 23.3 Å². The van der Waals surface area contributed by atoms with Gasteiger partial charge >= 0.3 is 0 Å². The minimum Gasteiger partial charge on any atom is -0.496 e. The lowest BCUT2D eigenvalue weighted by molar-refractivity contribution is 0.397. The SMILES string of the molecule is COc1ccccc1[C@@H](C)NCc1cnco1. The van der Waals surface area contributed by atoms with Crippen molar-refractivity contribution in [2.75, 3.05) is 7.11 Å². The molecular weight excluding hydrogens is 216 g/mol. The number of rotatable bonds is 5. The molecule has 2 rings (SSSR count). The van der Waals surface area contributed by atoms with Gasteiger partial charge in [0.1, 0.15) is 11.5 Å². The van der Waals surface area contributed by atoms with Crippen LogP contribution in [0.4, 0.5) is 0 Å². The maximum atomic E-state index is 5.33. The van der Waals surface area contributed by atoms with Crippen molar-refractivity contribution in [3.05, 3.63) is 48.2 Å². The lowest BCUT2D eigenvalue weighted by Gasteiger charge is -2.16. The molecule has 1 atom stereocenters. The Balaban J connectivity index is 2.01. The molecule has 0 bridgehead atoms. The Kier molecular flexibility index (Phi) is 3.77. The van der Waals surface area contributed by atoms with E-state index in [4.69, 9.17) is 9.15 Å². The first kappa shape index (κ1) is 11.7. The van der Waals surface area contributed by atoms with Crippen molar-refractivity contribution in [2.24, 2.45) is 0 Å². The molecule has 0 saturated carbocycles. The second-order valence-corrected chi connectivity index (χ2v) is 3.81. The first-order valence-corrected chi connectivity index (χ1v) is 5.55. The van der Waals surface area contributed by atoms with Crippen molar-refractivity contribution in [3.8, 4) is 5.75 Å². The Labute approximate surface area is 101 Å². The van der Waals surface area contributed by atoms with E-state index in [0.717, 1.165) is 17.1 Å². The minimum atomic E-state index is 0.191. The van der Waals surface area contributed by atoms with Gasteiger partial charge in [-0.05, 0) is 13.0 Å². The molecule has 0 amide bonds. The monoisotopic (exact) mass is 232 g/mol. The molecule has 17 heavy (non-hydrogen) atoms. The van der Waals surface area contributed by atoms with Crippen molar-refractivity contribution >= 4 is 0 Å². The largest absolute Gasteiger partial charge is 0.496 e. The summed E-state index contributed by atoms with van der Waals surface area (Å²) in [6.45, 7) is 2.74. The maximum Gasteiger partial charge on any atom is 0.180 e. The van der Waals surface area contributed by atoms with Gasteiger partial charge in [0.05, 0.1) is 19.9 Å². The van der Waals surface area contributed by atoms with Crippen molar-refractivity contribution in [2.45, 2.75) is 19.5 Å². The minimum absolute atomic E-state index is 0.191. The highest BCUT2D eigenvalue weighted by Gasteiger charge is 2.10. The molecule has 0 fully saturated rings. The van der Waals surface area contributed by atoms with Crippen LogP contribution >= 0.6 is 0 Å². The van der Waals surface area contributed by atoms with Crippen LogP contribution in [0.3, 0.4) is 0 Å². The summed E-state index contributed by atoms with van der Waals surface area (Å²) in [5.41, 5.74) is 1.13. The standard InChI is InChI=1S/C13H16N2O2/c1-10(15-8-11-7-14-9-17-11)12-5-3-4-6-13(12)16-2/h3-7,9-10,15H,8H2,1-2H3/t10-/m1/s1. The fourth-order valence-corrected chi connectivity index (χ4v) is 1.72. The first-order chi connectivity index (χ1) is 8.31. The van der Waals surface area contributed by atoms with Gasteiger partial charge in [0.15, 0.2) is 6.39 Å². The van der Waals surface area contributed by atoms with E-state index < -0.39 is 0 Å². The zero-order chi connectivity index (χ0) is 12.1. The third-order valence-corrected chi connectivity index (χ3v) is 2.67. The van der Waals surface area contributed by atoms with Crippen molar-refractivity contribution in [3.63, 3.8) is 0 Å². The zero-order valence-electron chi connectivity index (χ0n) is 10.0. The fraction of sp³-hybridized carbons (Fsp3) is 0.308. The molecule has 1 N–H and O–H groups in total. The highest BCUT2D eigenvalue weighted by Crippen LogP contribution is 2.24. The number of benzene rings is 1. The van der Waals surface area contributed by atoms with Crippen LogP contribution in [0.2, 0.25) is 0 Å². The van der Waals surface area contributed by atoms with E-state index in [1.165, 1.54) is 6.39 Å². The molecule has 4 heteroatoms. The number of para-hydroxylation sites is 1. The molecule has 90 valence electrons. The van der Waals surface area contributed by atoms with Gasteiger partial charge in [-0.1, -0.05) is 18.2 Å². The molecule has 1 aromatic heterocycles. The van der Waals surface area contributed by atoms with Gasteiger partial charge in [-0.2, -0.15) is 0 Å². The number of aromatic nitrogens is 1. The molecule has 0 aliphatic heterocycles. The van der Waals surface area contributed by atoms with Gasteiger partial charge < -0.3 is 14.5 Å². The van der Waals surface area contributed by atoms with E-state index in [1.807, 2.05) is 18.2 Å². The van der Waals surface area contributed by atoms with Gasteiger partial charge in [0.2, 0.25) is 0 Å². The van der Waals surface area contributed by atoms with Crippen molar-refractivity contribution < 1.29 is 9.15 Å². The van der Waals surface area contributed by atoms with Crippen LogP contribution in [0.1, 0.15) is 24.3 Å². The van der Waals surface area contributed by atoms with E-state index in [9.17, 15) is 0 Å². The molecule has 1 heterocycles. The first-order valence-electron chi connectivity index (χ1n) is 5.55. The van der Waals surface area contributed by atoms with Crippen LogP contribution < -0.4 is 10.1 Å². The van der Waals surface area contributed by atoms with Crippen LogP contribution in [0.15, 0.2) is 41.3 Å². The molecule has 2 aromatic rings. The molecule has 4 nitrogen and oxygen atoms in total. The third kappa shape index (κ3) is 2.85. The number of nitrogens with one attached hydrogen (secondary N) is 1. The summed E-state index contributed by atoms with van der Waals surface area (Å²) in [6.07, 6.45) is 3.15. The van der Waals surface area contributed by atoms with Gasteiger partial charge in [-0.3, -0.25) is 0 Å². The molecule has 0 spiro atoms. The molecule has 1 aromatic carbocycles. The number of ether oxygens (including phenoxy) is 1. The van der Waals surface area contributed by atoms with Crippen LogP contribution in [0.5, 0.6) is 5.75 Å². The molecule has 0 saturated heterocycles. The van der Waals surface area contributed by atoms with E-state index in [1.54, 1.807) is 13.3 Å². The summed E-state index contributed by atoms with van der Waals surface area (Å²) in [5, 5.41) is 3.36. The van der Waals surface area contributed by atoms with Gasteiger partial charge in [-0.15, -0.1) is 0 Å². The highest BCUT2D eigenvalue weighted by atomic mass is 16.5. The zero-order valence-corrected chi connectivity index (χ0v) is 10.0. The fourth-order valence-electron chi connectivity index (χ4n) is 1.72. The quantitative estimate of drug-likeness (QED) is 0.860. The van der Waals surface area contributed by atoms with Crippen molar-refractivity contribution in [1.29, 1.82) is 0 Å². The lowest BCUT2D eigenvalue weighted by atomic mass is 10.1. The second kappa shape index (κ2) is 5.50. The summed E-state index contributed by atoms with van der Waals surface area (Å²) in [4.78, 5) is 3.88. The Morgan fingerprint density at radius 3 is 2.94 bits per heavy atom. The Morgan fingerprint density at radius 1 is 1.41 bits per heavy atom. The number of methoxy groups -OCH3 is 1. The van der Waals surface area contributed by atoms with E-state index in [0.29, 0.717) is 6.54 Å². The van der Waals surface area contributed by atoms with E-state index >= 15 is 0 Å². The molecule has 0 aliphatic rings. The average Bonchev–Trinajstić information content (AvgIpc) is 2.89. The third-order valence-electron chi connectivity index (χ3n) is 2.67. The summed E-state index contributed by atoms with van der Waals surface area (Å²) < 4.78 is 10.5. The maximum absolute atomic E-state index is 5.33. The summed E-state index contributed by atoms with van der Waals surface area (Å²) >= 11 is 0. The molecular formula is C13H16N2O2. The number of nitrogens with zero attached hydrogens (tertiary/aromatic N) is 1. The predicted octanol–water partition coefficient (Wildman–Crippen LogP) is 2.53. The number of hydrogen-bond acceptors (Lipinski definition) is 4. The summed E-state index contributed by atoms with van der Waals surface area (Å²) in [6, 6.07) is 8.17. The Morgan fingerprint density at radius 2 is 2.24 bits per heavy atom. The van der Waals surface area contributed by atoms with Gasteiger partial charge in [0.25, 0.3) is 0 Å². The van der Waals surface area contributed by atoms with Gasteiger partial charge in [-0.25, -0.2) is 4.98 Å². The molecule has 0 unspecified atom stereocenters. The van der Waals surface area contributed by atoms with Crippen LogP contribution in [-0.2, 0) is 6.54 Å². The smallest absolute Gasteiger partial charge is 0.180 e. The number of oxazole rings is 1. The predicted molar refractivity (Wildman–Crippen MR) is 64.8 cm³/mol. The summed E-state index contributed by atoms with van der Waals surface area (Å²) in [7, 11) is 1.68. The molecule has 0 radical (unpaired) electrons. The van der Waals surface area contributed by atoms with Gasteiger partial charge in [0, 0.05) is 11.6 Å². The Bertz CT molecular complexity index is 454. The Hall–Kier alpha value is -1.81. The van der Waals surface area contributed by atoms with Crippen LogP contribution in [0.25, 0.3) is 0 Å². The topological polar surface area (TPSA) is 47.3 Å². The lowest BCUT2D eigenvalue weighted by Crippen LogP contribution is -2.18. The van der Waals surface area contributed by atoms with Crippen LogP contribution in [0, 0.1) is 0 Å². The molecule has 0 aliphatic carbocycles. The van der Waals surface area contributed by atoms with E-state index in [-0.39, 0.29) is 6.04 Å². The summed E-state index contributed by atoms with van der Waals surface area (Å²) in [5.74, 6) is 1.72. The normalized spacial score (nSPS) is 12.4. The number of hydrogen-bond donors (Lipinski definition) is 1. The van der Waals surface area contributed by atoms with Crippen molar-refractivity contribution in [1.82, 2.24) is 10.3 Å². The highest BCUT2D eigenvalue weighted by molar-refractivity contribution is 5.35. The average molecular weight is 232 g/mol. The second-order valence-electron chi connectivity index (χ2n) is 3.81. The van der Waals surface area contributed by atoms with Crippen LogP contribution in [-0.4, -0.2) is 12.1 Å².